The van der Waals surface area contributed by atoms with E-state index in [1.54, 1.807) is 12.4 Å². The Morgan fingerprint density at radius 1 is 1.35 bits per heavy atom. The highest BCUT2D eigenvalue weighted by Gasteiger charge is 2.41. The average molecular weight is 312 g/mol. The van der Waals surface area contributed by atoms with Crippen molar-refractivity contribution in [1.82, 2.24) is 15.0 Å². The van der Waals surface area contributed by atoms with E-state index >= 15 is 0 Å². The van der Waals surface area contributed by atoms with Gasteiger partial charge in [-0.05, 0) is 32.8 Å². The quantitative estimate of drug-likeness (QED) is 0.863. The number of piperidine rings is 1. The number of nitrogens with one attached hydrogen (secondary N) is 1. The van der Waals surface area contributed by atoms with Gasteiger partial charge in [0.25, 0.3) is 0 Å². The van der Waals surface area contributed by atoms with Gasteiger partial charge in [0.15, 0.2) is 0 Å². The lowest BCUT2D eigenvalue weighted by Gasteiger charge is -2.33. The summed E-state index contributed by atoms with van der Waals surface area (Å²) in [5.74, 6) is 1.81. The van der Waals surface area contributed by atoms with Crippen molar-refractivity contribution in [2.75, 3.05) is 18.0 Å². The predicted molar refractivity (Wildman–Crippen MR) is 85.5 cm³/mol. The van der Waals surface area contributed by atoms with Crippen LogP contribution in [0, 0.1) is 0 Å². The van der Waals surface area contributed by atoms with Crippen LogP contribution in [-0.4, -0.2) is 34.0 Å². The fourth-order valence-corrected chi connectivity index (χ4v) is 3.62. The second-order valence-corrected chi connectivity index (χ2v) is 6.72. The van der Waals surface area contributed by atoms with Crippen LogP contribution in [-0.2, 0) is 10.3 Å². The maximum Gasteiger partial charge on any atom is 0.343 e. The second kappa shape index (κ2) is 5.08. The van der Waals surface area contributed by atoms with E-state index < -0.39 is 5.60 Å². The lowest BCUT2D eigenvalue weighted by Crippen LogP contribution is -2.36. The molecule has 2 aliphatic heterocycles. The van der Waals surface area contributed by atoms with Gasteiger partial charge in [0, 0.05) is 43.2 Å². The van der Waals surface area contributed by atoms with E-state index in [1.807, 2.05) is 26.1 Å². The number of carbonyl (C=O) groups is 1. The molecule has 0 aliphatic carbocycles. The maximum atomic E-state index is 12.3. The Kier molecular flexibility index (Phi) is 3.14. The normalized spacial score (nSPS) is 22.8. The van der Waals surface area contributed by atoms with Gasteiger partial charge in [-0.1, -0.05) is 0 Å². The largest absolute Gasteiger partial charge is 0.451 e. The fourth-order valence-electron chi connectivity index (χ4n) is 3.62. The Balaban J connectivity index is 1.69. The molecule has 6 nitrogen and oxygen atoms in total. The molecule has 0 amide bonds. The van der Waals surface area contributed by atoms with Crippen LogP contribution in [0.1, 0.15) is 54.4 Å². The highest BCUT2D eigenvalue weighted by Crippen LogP contribution is 2.40. The van der Waals surface area contributed by atoms with E-state index in [2.05, 4.69) is 19.9 Å². The van der Waals surface area contributed by atoms with Gasteiger partial charge in [-0.25, -0.2) is 14.8 Å². The van der Waals surface area contributed by atoms with Gasteiger partial charge in [-0.15, -0.1) is 0 Å². The Hall–Kier alpha value is -2.37. The molecule has 1 atom stereocenters. The number of fused-ring (bicyclic) bond motifs is 1. The zero-order chi connectivity index (χ0) is 16.0. The molecule has 6 heteroatoms. The van der Waals surface area contributed by atoms with Crippen molar-refractivity contribution in [3.8, 4) is 0 Å². The molecule has 1 unspecified atom stereocenters. The molecule has 1 N–H and O–H groups in total. The number of aromatic amines is 1. The third-order valence-corrected chi connectivity index (χ3v) is 4.76. The number of rotatable bonds is 2. The number of ether oxygens (including phenoxy) is 1. The molecule has 0 aromatic carbocycles. The van der Waals surface area contributed by atoms with Crippen molar-refractivity contribution in [1.29, 1.82) is 0 Å². The number of hydrogen-bond acceptors (Lipinski definition) is 5. The van der Waals surface area contributed by atoms with Crippen molar-refractivity contribution in [2.24, 2.45) is 0 Å². The van der Waals surface area contributed by atoms with E-state index in [1.165, 1.54) is 0 Å². The van der Waals surface area contributed by atoms with E-state index in [-0.39, 0.29) is 5.97 Å². The van der Waals surface area contributed by atoms with Crippen LogP contribution < -0.4 is 4.90 Å². The van der Waals surface area contributed by atoms with Crippen molar-refractivity contribution in [3.05, 3.63) is 41.6 Å². The van der Waals surface area contributed by atoms with Crippen LogP contribution >= 0.6 is 0 Å². The zero-order valence-corrected chi connectivity index (χ0v) is 13.4. The molecule has 23 heavy (non-hydrogen) atoms. The van der Waals surface area contributed by atoms with Gasteiger partial charge in [-0.2, -0.15) is 0 Å². The van der Waals surface area contributed by atoms with E-state index in [0.29, 0.717) is 11.5 Å². The monoisotopic (exact) mass is 312 g/mol. The molecule has 120 valence electrons. The molecule has 0 saturated carbocycles. The molecule has 1 fully saturated rings. The minimum absolute atomic E-state index is 0.270. The standard InChI is InChI=1S/C17H20N4O2/c1-17(2)12-5-6-20-15(13(12)16(22)23-17)21-9-3-4-11(10-21)14-18-7-8-19-14/h5-8,11H,3-4,9-10H2,1-2H3,(H,18,19). The third kappa shape index (κ3) is 2.29. The fraction of sp³-hybridized carbons (Fsp3) is 0.471. The SMILES string of the molecule is CC1(C)OC(=O)c2c1ccnc2N1CCCC(c2ncc[nH]2)C1. The molecule has 0 radical (unpaired) electrons. The average Bonchev–Trinajstić information content (AvgIpc) is 3.15. The highest BCUT2D eigenvalue weighted by atomic mass is 16.6. The first kappa shape index (κ1) is 14.2. The number of pyridine rings is 1. The Labute approximate surface area is 134 Å². The molecule has 2 aromatic rings. The van der Waals surface area contributed by atoms with Crippen molar-refractivity contribution >= 4 is 11.8 Å². The lowest BCUT2D eigenvalue weighted by atomic mass is 9.94. The van der Waals surface area contributed by atoms with Gasteiger partial charge in [0.2, 0.25) is 0 Å². The molecule has 4 rings (SSSR count). The van der Waals surface area contributed by atoms with E-state index in [0.717, 1.165) is 43.1 Å². The van der Waals surface area contributed by atoms with Gasteiger partial charge in [0.05, 0.1) is 0 Å². The summed E-state index contributed by atoms with van der Waals surface area (Å²) in [5.41, 5.74) is 0.963. The Morgan fingerprint density at radius 2 is 2.22 bits per heavy atom. The Bertz CT molecular complexity index is 739. The molecular formula is C17H20N4O2. The molecular weight excluding hydrogens is 292 g/mol. The van der Waals surface area contributed by atoms with Gasteiger partial charge in [-0.3, -0.25) is 0 Å². The molecule has 2 aliphatic rings. The predicted octanol–water partition coefficient (Wildman–Crippen LogP) is 2.59. The molecule has 0 spiro atoms. The van der Waals surface area contributed by atoms with E-state index in [4.69, 9.17) is 4.74 Å². The summed E-state index contributed by atoms with van der Waals surface area (Å²) in [4.78, 5) is 26.6. The van der Waals surface area contributed by atoms with Gasteiger partial charge >= 0.3 is 5.97 Å². The van der Waals surface area contributed by atoms with Crippen LogP contribution in [0.2, 0.25) is 0 Å². The number of hydrogen-bond donors (Lipinski definition) is 1. The number of cyclic esters (lactones) is 1. The number of imidazole rings is 1. The molecule has 4 heterocycles. The van der Waals surface area contributed by atoms with Crippen LogP contribution in [0.15, 0.2) is 24.7 Å². The summed E-state index contributed by atoms with van der Waals surface area (Å²) >= 11 is 0. The summed E-state index contributed by atoms with van der Waals surface area (Å²) in [6.45, 7) is 5.55. The first-order chi connectivity index (χ1) is 11.1. The first-order valence-corrected chi connectivity index (χ1v) is 8.03. The number of carbonyl (C=O) groups excluding carboxylic acids is 1. The van der Waals surface area contributed by atoms with Crippen molar-refractivity contribution in [2.45, 2.75) is 38.2 Å². The number of aromatic nitrogens is 3. The highest BCUT2D eigenvalue weighted by molar-refractivity contribution is 5.99. The summed E-state index contributed by atoms with van der Waals surface area (Å²) in [5, 5.41) is 0. The smallest absolute Gasteiger partial charge is 0.343 e. The first-order valence-electron chi connectivity index (χ1n) is 8.03. The topological polar surface area (TPSA) is 71.1 Å². The number of H-pyrrole nitrogens is 1. The van der Waals surface area contributed by atoms with Crippen molar-refractivity contribution < 1.29 is 9.53 Å². The van der Waals surface area contributed by atoms with Crippen LogP contribution in [0.4, 0.5) is 5.82 Å². The Morgan fingerprint density at radius 3 is 3.00 bits per heavy atom. The van der Waals surface area contributed by atoms with Gasteiger partial charge < -0.3 is 14.6 Å². The molecule has 0 bridgehead atoms. The molecule has 2 aromatic heterocycles. The number of nitrogens with zero attached hydrogens (tertiary/aromatic N) is 3. The lowest BCUT2D eigenvalue weighted by molar-refractivity contribution is 0.00956. The van der Waals surface area contributed by atoms with Crippen LogP contribution in [0.25, 0.3) is 0 Å². The maximum absolute atomic E-state index is 12.3. The number of anilines is 1. The minimum atomic E-state index is -0.583. The summed E-state index contributed by atoms with van der Waals surface area (Å²) < 4.78 is 5.53. The second-order valence-electron chi connectivity index (χ2n) is 6.72. The summed E-state index contributed by atoms with van der Waals surface area (Å²) in [7, 11) is 0. The van der Waals surface area contributed by atoms with E-state index in [9.17, 15) is 4.79 Å². The van der Waals surface area contributed by atoms with Crippen LogP contribution in [0.5, 0.6) is 0 Å². The molecule has 1 saturated heterocycles. The minimum Gasteiger partial charge on any atom is -0.451 e. The third-order valence-electron chi connectivity index (χ3n) is 4.76. The zero-order valence-electron chi connectivity index (χ0n) is 13.4. The summed E-state index contributed by atoms with van der Waals surface area (Å²) in [6, 6.07) is 1.89. The van der Waals surface area contributed by atoms with Crippen molar-refractivity contribution in [3.63, 3.8) is 0 Å². The van der Waals surface area contributed by atoms with Crippen LogP contribution in [0.3, 0.4) is 0 Å². The number of esters is 1. The van der Waals surface area contributed by atoms with Gasteiger partial charge in [0.1, 0.15) is 22.8 Å². The summed E-state index contributed by atoms with van der Waals surface area (Å²) in [6.07, 6.45) is 7.55.